The first-order valence-corrected chi connectivity index (χ1v) is 12.4. The van der Waals surface area contributed by atoms with Crippen LogP contribution in [0.4, 0.5) is 11.9 Å². The molecule has 2 aromatic heterocycles. The number of fused-ring (bicyclic) bond motifs is 1. The number of nitrogens with zero attached hydrogens (tertiary/aromatic N) is 4. The third-order valence-electron chi connectivity index (χ3n) is 7.15. The number of halogens is 2. The molecule has 0 radical (unpaired) electrons. The van der Waals surface area contributed by atoms with Gasteiger partial charge in [0, 0.05) is 30.2 Å². The van der Waals surface area contributed by atoms with Gasteiger partial charge in [0.05, 0.1) is 20.4 Å². The summed E-state index contributed by atoms with van der Waals surface area (Å²) < 4.78 is 13.3. The van der Waals surface area contributed by atoms with Crippen LogP contribution in [0.2, 0.25) is 0 Å². The van der Waals surface area contributed by atoms with E-state index in [1.807, 2.05) is 24.4 Å². The average molecular weight is 539 g/mol. The van der Waals surface area contributed by atoms with Crippen molar-refractivity contribution in [2.24, 2.45) is 5.73 Å². The molecule has 0 aliphatic heterocycles. The minimum absolute atomic E-state index is 0. The van der Waals surface area contributed by atoms with Gasteiger partial charge < -0.3 is 25.8 Å². The molecule has 198 valence electrons. The zero-order valence-electron chi connectivity index (χ0n) is 20.9. The molecule has 0 atom stereocenters. The number of nitrogens with two attached hydrogens (primary N) is 1. The van der Waals surface area contributed by atoms with Gasteiger partial charge in [0.15, 0.2) is 17.1 Å². The molecular weight excluding hydrogens is 501 g/mol. The zero-order chi connectivity index (χ0) is 23.5. The van der Waals surface area contributed by atoms with Crippen molar-refractivity contribution < 1.29 is 9.47 Å². The molecule has 2 aliphatic carbocycles. The molecule has 36 heavy (non-hydrogen) atoms. The Labute approximate surface area is 224 Å². The predicted molar refractivity (Wildman–Crippen MR) is 148 cm³/mol. The van der Waals surface area contributed by atoms with E-state index in [2.05, 4.69) is 20.2 Å². The Kier molecular flexibility index (Phi) is 9.87. The molecule has 0 bridgehead atoms. The lowest BCUT2D eigenvalue weighted by Gasteiger charge is -2.26. The Balaban J connectivity index is 0.00000180. The second-order valence-corrected chi connectivity index (χ2v) is 9.41. The summed E-state index contributed by atoms with van der Waals surface area (Å²) in [5.41, 5.74) is 8.77. The van der Waals surface area contributed by atoms with E-state index in [-0.39, 0.29) is 24.8 Å². The monoisotopic (exact) mass is 537 g/mol. The maximum Gasteiger partial charge on any atom is 0.224 e. The van der Waals surface area contributed by atoms with Gasteiger partial charge in [-0.15, -0.1) is 24.8 Å². The fraction of sp³-hybridized carbons (Fsp3) is 0.560. The van der Waals surface area contributed by atoms with Crippen molar-refractivity contribution in [1.82, 2.24) is 19.5 Å². The summed E-state index contributed by atoms with van der Waals surface area (Å²) in [6, 6.07) is 6.99. The molecule has 0 amide bonds. The SMILES string of the molecule is COc1cccc(CNc2nc3cnc(N[C@H]4CC[C@H](N)CC4)nc3n2C2CCCC2)c1OC.Cl.Cl. The van der Waals surface area contributed by atoms with Crippen molar-refractivity contribution in [1.29, 1.82) is 0 Å². The Morgan fingerprint density at radius 3 is 2.44 bits per heavy atom. The molecule has 2 fully saturated rings. The molecule has 3 aromatic rings. The fourth-order valence-corrected chi connectivity index (χ4v) is 5.31. The number of para-hydroxylation sites is 1. The number of benzene rings is 1. The number of hydrogen-bond acceptors (Lipinski definition) is 8. The van der Waals surface area contributed by atoms with Crippen LogP contribution in [0.3, 0.4) is 0 Å². The molecule has 1 aromatic carbocycles. The molecule has 2 saturated carbocycles. The van der Waals surface area contributed by atoms with Crippen molar-refractivity contribution in [2.75, 3.05) is 24.9 Å². The molecule has 11 heteroatoms. The summed E-state index contributed by atoms with van der Waals surface area (Å²) in [6.45, 7) is 0.567. The highest BCUT2D eigenvalue weighted by Crippen LogP contribution is 2.36. The number of ether oxygens (including phenoxy) is 2. The third kappa shape index (κ3) is 5.90. The molecule has 4 N–H and O–H groups in total. The summed E-state index contributed by atoms with van der Waals surface area (Å²) in [5.74, 6) is 2.95. The van der Waals surface area contributed by atoms with Gasteiger partial charge in [-0.1, -0.05) is 25.0 Å². The van der Waals surface area contributed by atoms with Crippen LogP contribution in [0.25, 0.3) is 11.2 Å². The predicted octanol–water partition coefficient (Wildman–Crippen LogP) is 5.10. The van der Waals surface area contributed by atoms with Crippen molar-refractivity contribution in [2.45, 2.75) is 76.0 Å². The Hall–Kier alpha value is -2.49. The number of methoxy groups -OCH3 is 2. The van der Waals surface area contributed by atoms with Crippen LogP contribution < -0.4 is 25.8 Å². The quantitative estimate of drug-likeness (QED) is 0.364. The van der Waals surface area contributed by atoms with Crippen molar-refractivity contribution in [3.63, 3.8) is 0 Å². The van der Waals surface area contributed by atoms with Gasteiger partial charge in [-0.05, 0) is 44.6 Å². The first kappa shape index (κ1) is 28.1. The van der Waals surface area contributed by atoms with Gasteiger partial charge in [-0.25, -0.2) is 9.97 Å². The minimum Gasteiger partial charge on any atom is -0.493 e. The van der Waals surface area contributed by atoms with Crippen LogP contribution in [0.15, 0.2) is 24.4 Å². The normalized spacial score (nSPS) is 19.9. The van der Waals surface area contributed by atoms with Crippen molar-refractivity contribution in [3.8, 4) is 11.5 Å². The Morgan fingerprint density at radius 1 is 1.00 bits per heavy atom. The maximum absolute atomic E-state index is 6.07. The largest absolute Gasteiger partial charge is 0.493 e. The van der Waals surface area contributed by atoms with Crippen LogP contribution >= 0.6 is 24.8 Å². The highest BCUT2D eigenvalue weighted by Gasteiger charge is 2.25. The summed E-state index contributed by atoms with van der Waals surface area (Å²) in [4.78, 5) is 14.4. The molecular formula is C25H37Cl2N7O2. The summed E-state index contributed by atoms with van der Waals surface area (Å²) >= 11 is 0. The third-order valence-corrected chi connectivity index (χ3v) is 7.15. The summed E-state index contributed by atoms with van der Waals surface area (Å²) in [7, 11) is 3.32. The summed E-state index contributed by atoms with van der Waals surface area (Å²) in [5, 5.41) is 7.08. The van der Waals surface area contributed by atoms with Gasteiger partial charge >= 0.3 is 0 Å². The van der Waals surface area contributed by atoms with E-state index in [0.29, 0.717) is 30.6 Å². The molecule has 0 unspecified atom stereocenters. The number of nitrogens with one attached hydrogen (secondary N) is 2. The van der Waals surface area contributed by atoms with E-state index < -0.39 is 0 Å². The topological polar surface area (TPSA) is 112 Å². The molecule has 2 heterocycles. The Bertz CT molecular complexity index is 1130. The van der Waals surface area contributed by atoms with Gasteiger partial charge in [0.25, 0.3) is 0 Å². The van der Waals surface area contributed by atoms with Gasteiger partial charge in [0.2, 0.25) is 11.9 Å². The lowest BCUT2D eigenvalue weighted by Crippen LogP contribution is -2.33. The van der Waals surface area contributed by atoms with Crippen molar-refractivity contribution >= 4 is 47.9 Å². The van der Waals surface area contributed by atoms with E-state index >= 15 is 0 Å². The molecule has 9 nitrogen and oxygen atoms in total. The van der Waals surface area contributed by atoms with Crippen LogP contribution in [0.5, 0.6) is 11.5 Å². The zero-order valence-corrected chi connectivity index (χ0v) is 22.5. The lowest BCUT2D eigenvalue weighted by molar-refractivity contribution is 0.352. The number of hydrogen-bond donors (Lipinski definition) is 3. The number of rotatable bonds is 8. The van der Waals surface area contributed by atoms with Gasteiger partial charge in [-0.2, -0.15) is 4.98 Å². The summed E-state index contributed by atoms with van der Waals surface area (Å²) in [6.07, 6.45) is 10.8. The molecule has 0 saturated heterocycles. The van der Waals surface area contributed by atoms with Crippen LogP contribution in [-0.2, 0) is 6.54 Å². The first-order chi connectivity index (χ1) is 16.7. The lowest BCUT2D eigenvalue weighted by atomic mass is 9.92. The average Bonchev–Trinajstić information content (AvgIpc) is 3.51. The fourth-order valence-electron chi connectivity index (χ4n) is 5.31. The number of anilines is 2. The second kappa shape index (κ2) is 12.7. The van der Waals surface area contributed by atoms with E-state index in [1.54, 1.807) is 14.2 Å². The molecule has 5 rings (SSSR count). The van der Waals surface area contributed by atoms with Crippen molar-refractivity contribution in [3.05, 3.63) is 30.0 Å². The molecule has 0 spiro atoms. The van der Waals surface area contributed by atoms with Crippen LogP contribution in [0, 0.1) is 0 Å². The molecule has 2 aliphatic rings. The maximum atomic E-state index is 6.07. The van der Waals surface area contributed by atoms with Gasteiger partial charge in [-0.3, -0.25) is 4.57 Å². The highest BCUT2D eigenvalue weighted by molar-refractivity contribution is 5.85. The smallest absolute Gasteiger partial charge is 0.224 e. The van der Waals surface area contributed by atoms with E-state index in [0.717, 1.165) is 72.7 Å². The van der Waals surface area contributed by atoms with E-state index in [9.17, 15) is 0 Å². The number of aromatic nitrogens is 4. The van der Waals surface area contributed by atoms with Crippen LogP contribution in [0.1, 0.15) is 63.0 Å². The van der Waals surface area contributed by atoms with E-state index in [4.69, 9.17) is 25.2 Å². The van der Waals surface area contributed by atoms with Crippen LogP contribution in [-0.4, -0.2) is 45.8 Å². The second-order valence-electron chi connectivity index (χ2n) is 9.41. The first-order valence-electron chi connectivity index (χ1n) is 12.4. The van der Waals surface area contributed by atoms with E-state index in [1.165, 1.54) is 12.8 Å². The highest BCUT2D eigenvalue weighted by atomic mass is 35.5. The minimum atomic E-state index is 0. The number of imidazole rings is 1. The Morgan fingerprint density at radius 2 is 1.75 bits per heavy atom. The van der Waals surface area contributed by atoms with Gasteiger partial charge in [0.1, 0.15) is 5.52 Å². The standard InChI is InChI=1S/C25H35N7O2.2ClH/c1-33-21-9-5-6-16(22(21)34-2)14-28-25-30-20-15-27-24(29-18-12-10-17(26)11-13-18)31-23(20)32(25)19-7-3-4-8-19;;/h5-6,9,15,17-19H,3-4,7-8,10-14,26H2,1-2H3,(H,28,30)(H,27,29,31);2*1H/t17-,18-;;.